The summed E-state index contributed by atoms with van der Waals surface area (Å²) in [4.78, 5) is 49.4. The molecule has 0 spiro atoms. The zero-order chi connectivity index (χ0) is 24.4. The SMILES string of the molecule is COC(=O)[C@]12C([C@@H]3CC(=O)C3[C@H]1C(=O)OCc1ccc([N+](=O)[O-])cc1)[C@H]2c1c(Cl)cccc1Cl. The number of esters is 2. The molecule has 0 saturated heterocycles. The molecule has 10 heteroatoms. The third kappa shape index (κ3) is 3.08. The molecule has 2 aromatic rings. The van der Waals surface area contributed by atoms with Crippen LogP contribution in [0.1, 0.15) is 23.5 Å². The van der Waals surface area contributed by atoms with Crippen molar-refractivity contribution in [1.29, 1.82) is 0 Å². The highest BCUT2D eigenvalue weighted by molar-refractivity contribution is 6.36. The van der Waals surface area contributed by atoms with Crippen molar-refractivity contribution in [3.8, 4) is 0 Å². The zero-order valence-electron chi connectivity index (χ0n) is 17.9. The number of benzene rings is 2. The molecule has 8 nitrogen and oxygen atoms in total. The van der Waals surface area contributed by atoms with Crippen molar-refractivity contribution >= 4 is 46.6 Å². The van der Waals surface area contributed by atoms with E-state index in [2.05, 4.69) is 0 Å². The molecule has 176 valence electrons. The molecule has 2 unspecified atom stereocenters. The van der Waals surface area contributed by atoms with Crippen molar-refractivity contribution in [3.05, 3.63) is 73.8 Å². The molecule has 2 aromatic carbocycles. The summed E-state index contributed by atoms with van der Waals surface area (Å²) in [7, 11) is 1.25. The number of Topliss-reactive ketones (excluding diaryl/α,β-unsaturated/α-hetero) is 1. The molecule has 34 heavy (non-hydrogen) atoms. The summed E-state index contributed by atoms with van der Waals surface area (Å²) in [6.45, 7) is -0.154. The van der Waals surface area contributed by atoms with Crippen molar-refractivity contribution in [1.82, 2.24) is 0 Å². The molecular formula is C24H19Cl2NO7. The fourth-order valence-electron chi connectivity index (χ4n) is 6.18. The number of nitro groups is 1. The van der Waals surface area contributed by atoms with E-state index in [0.29, 0.717) is 21.2 Å². The number of nitro benzene ring substituents is 1. The van der Waals surface area contributed by atoms with E-state index in [1.807, 2.05) is 0 Å². The lowest BCUT2D eigenvalue weighted by Crippen LogP contribution is -2.46. The lowest BCUT2D eigenvalue weighted by atomic mass is 9.65. The lowest BCUT2D eigenvalue weighted by Gasteiger charge is -2.37. The first kappa shape index (κ1) is 22.8. The Morgan fingerprint density at radius 1 is 1.15 bits per heavy atom. The fraction of sp³-hybridized carbons (Fsp3) is 0.375. The Hall–Kier alpha value is -2.97. The predicted octanol–water partition coefficient (Wildman–Crippen LogP) is 4.35. The Labute approximate surface area is 204 Å². The summed E-state index contributed by atoms with van der Waals surface area (Å²) in [5.41, 5.74) is -0.248. The summed E-state index contributed by atoms with van der Waals surface area (Å²) < 4.78 is 10.7. The first-order valence-corrected chi connectivity index (χ1v) is 11.4. The first-order valence-electron chi connectivity index (χ1n) is 10.7. The second-order valence-corrected chi connectivity index (χ2v) is 9.75. The second-order valence-electron chi connectivity index (χ2n) is 8.93. The van der Waals surface area contributed by atoms with E-state index in [0.717, 1.165) is 0 Å². The van der Waals surface area contributed by atoms with Crippen LogP contribution in [-0.2, 0) is 30.5 Å². The average Bonchev–Trinajstić information content (AvgIpc) is 3.39. The van der Waals surface area contributed by atoms with Gasteiger partial charge in [-0.15, -0.1) is 0 Å². The Morgan fingerprint density at radius 2 is 1.79 bits per heavy atom. The number of hydrogen-bond acceptors (Lipinski definition) is 7. The normalized spacial score (nSPS) is 30.6. The average molecular weight is 504 g/mol. The van der Waals surface area contributed by atoms with Crippen LogP contribution in [0.25, 0.3) is 0 Å². The van der Waals surface area contributed by atoms with E-state index in [4.69, 9.17) is 32.7 Å². The number of carbonyl (C=O) groups excluding carboxylic acids is 3. The number of rotatable bonds is 6. The van der Waals surface area contributed by atoms with Crippen LogP contribution < -0.4 is 0 Å². The van der Waals surface area contributed by atoms with Crippen LogP contribution in [-0.4, -0.2) is 29.8 Å². The summed E-state index contributed by atoms with van der Waals surface area (Å²) in [5, 5.41) is 11.6. The maximum atomic E-state index is 13.4. The molecule has 0 amide bonds. The van der Waals surface area contributed by atoms with E-state index in [1.54, 1.807) is 18.2 Å². The molecule has 0 radical (unpaired) electrons. The zero-order valence-corrected chi connectivity index (χ0v) is 19.4. The summed E-state index contributed by atoms with van der Waals surface area (Å²) >= 11 is 12.9. The Morgan fingerprint density at radius 3 is 2.35 bits per heavy atom. The molecule has 0 aliphatic heterocycles. The summed E-state index contributed by atoms with van der Waals surface area (Å²) in [6.07, 6.45) is 0.277. The van der Waals surface area contributed by atoms with Gasteiger partial charge in [-0.2, -0.15) is 0 Å². The van der Waals surface area contributed by atoms with Crippen LogP contribution in [0.4, 0.5) is 5.69 Å². The van der Waals surface area contributed by atoms with Gasteiger partial charge < -0.3 is 9.47 Å². The molecule has 0 bridgehead atoms. The van der Waals surface area contributed by atoms with Gasteiger partial charge in [0.1, 0.15) is 12.4 Å². The van der Waals surface area contributed by atoms with Gasteiger partial charge in [0.05, 0.1) is 23.4 Å². The van der Waals surface area contributed by atoms with Gasteiger partial charge in [-0.25, -0.2) is 0 Å². The van der Waals surface area contributed by atoms with Gasteiger partial charge in [-0.1, -0.05) is 29.3 Å². The van der Waals surface area contributed by atoms with Crippen LogP contribution in [0.5, 0.6) is 0 Å². The van der Waals surface area contributed by atoms with E-state index in [9.17, 15) is 24.5 Å². The van der Waals surface area contributed by atoms with Crippen LogP contribution in [0.2, 0.25) is 10.0 Å². The van der Waals surface area contributed by atoms with Crippen molar-refractivity contribution < 1.29 is 28.8 Å². The number of ether oxygens (including phenoxy) is 2. The van der Waals surface area contributed by atoms with Gasteiger partial charge in [0, 0.05) is 40.4 Å². The van der Waals surface area contributed by atoms with E-state index < -0.39 is 40.0 Å². The fourth-order valence-corrected chi connectivity index (χ4v) is 6.82. The minimum Gasteiger partial charge on any atom is -0.469 e. The molecular weight excluding hydrogens is 485 g/mol. The molecule has 0 N–H and O–H groups in total. The largest absolute Gasteiger partial charge is 0.469 e. The van der Waals surface area contributed by atoms with E-state index in [1.165, 1.54) is 31.4 Å². The topological polar surface area (TPSA) is 113 Å². The number of carbonyl (C=O) groups is 3. The van der Waals surface area contributed by atoms with Crippen LogP contribution in [0.15, 0.2) is 42.5 Å². The van der Waals surface area contributed by atoms with Gasteiger partial charge in [-0.3, -0.25) is 24.5 Å². The molecule has 3 saturated carbocycles. The maximum absolute atomic E-state index is 13.4. The third-order valence-corrected chi connectivity index (χ3v) is 8.21. The minimum atomic E-state index is -1.28. The molecule has 3 fully saturated rings. The summed E-state index contributed by atoms with van der Waals surface area (Å²) in [6, 6.07) is 10.6. The van der Waals surface area contributed by atoms with Crippen molar-refractivity contribution in [2.75, 3.05) is 7.11 Å². The van der Waals surface area contributed by atoms with Crippen LogP contribution in [0.3, 0.4) is 0 Å². The van der Waals surface area contributed by atoms with Crippen molar-refractivity contribution in [2.24, 2.45) is 29.1 Å². The molecule has 0 heterocycles. The van der Waals surface area contributed by atoms with Gasteiger partial charge in [0.25, 0.3) is 5.69 Å². The second kappa shape index (κ2) is 8.06. The number of methoxy groups -OCH3 is 1. The van der Waals surface area contributed by atoms with Gasteiger partial charge in [0.15, 0.2) is 0 Å². The molecule has 3 aliphatic carbocycles. The molecule has 3 aliphatic rings. The number of fused-ring (bicyclic) bond motifs is 3. The minimum absolute atomic E-state index is 0.0817. The number of halogens is 2. The molecule has 0 aromatic heterocycles. The molecule has 6 atom stereocenters. The van der Waals surface area contributed by atoms with E-state index in [-0.39, 0.29) is 36.3 Å². The number of non-ortho nitro benzene ring substituents is 1. The van der Waals surface area contributed by atoms with E-state index >= 15 is 0 Å². The van der Waals surface area contributed by atoms with Crippen molar-refractivity contribution in [2.45, 2.75) is 18.9 Å². The molecule has 5 rings (SSSR count). The predicted molar refractivity (Wildman–Crippen MR) is 120 cm³/mol. The monoisotopic (exact) mass is 503 g/mol. The van der Waals surface area contributed by atoms with Crippen LogP contribution in [0, 0.1) is 39.2 Å². The number of ketones is 1. The summed E-state index contributed by atoms with van der Waals surface area (Å²) in [5.74, 6) is -3.93. The smallest absolute Gasteiger partial charge is 0.313 e. The maximum Gasteiger partial charge on any atom is 0.313 e. The van der Waals surface area contributed by atoms with Gasteiger partial charge in [0.2, 0.25) is 0 Å². The Bertz CT molecular complexity index is 1210. The van der Waals surface area contributed by atoms with Gasteiger partial charge in [-0.05, 0) is 47.2 Å². The van der Waals surface area contributed by atoms with Gasteiger partial charge >= 0.3 is 11.9 Å². The van der Waals surface area contributed by atoms with Crippen molar-refractivity contribution in [3.63, 3.8) is 0 Å². The number of hydrogen-bond donors (Lipinski definition) is 0. The Kier molecular flexibility index (Phi) is 5.41. The lowest BCUT2D eigenvalue weighted by molar-refractivity contribution is -0.384. The highest BCUT2D eigenvalue weighted by Crippen LogP contribution is 2.83. The first-order chi connectivity index (χ1) is 16.2. The standard InChI is InChI=1S/C24H19Cl2NO7/c1-33-23(30)24-19(20(24)18-14(25)3-2-4-15(18)26)13-9-16(28)17(13)21(24)22(29)34-10-11-5-7-12(8-6-11)27(31)32/h2-8,13,17,19-21H,9-10H2,1H3/t13-,17?,19?,20-,21+,24+/m1/s1. The third-order valence-electron chi connectivity index (χ3n) is 7.55. The Balaban J connectivity index is 1.47. The quantitative estimate of drug-likeness (QED) is 0.327. The van der Waals surface area contributed by atoms with Crippen LogP contribution >= 0.6 is 23.2 Å². The highest BCUT2D eigenvalue weighted by Gasteiger charge is 2.87. The number of nitrogens with zero attached hydrogens (tertiary/aromatic N) is 1. The highest BCUT2D eigenvalue weighted by atomic mass is 35.5.